The first-order valence-corrected chi connectivity index (χ1v) is 10.1. The topological polar surface area (TPSA) is 75.1 Å². The number of aliphatic hydroxyl groups excluding tert-OH is 1. The van der Waals surface area contributed by atoms with Gasteiger partial charge >= 0.3 is 0 Å². The van der Waals surface area contributed by atoms with Gasteiger partial charge in [0, 0.05) is 18.5 Å². The smallest absolute Gasteiger partial charge is 0.191 e. The molecule has 0 saturated carbocycles. The van der Waals surface area contributed by atoms with Crippen LogP contribution in [0.2, 0.25) is 0 Å². The van der Waals surface area contributed by atoms with E-state index in [2.05, 4.69) is 29.5 Å². The molecule has 2 aromatic carbocycles. The van der Waals surface area contributed by atoms with Gasteiger partial charge in [-0.3, -0.25) is 0 Å². The number of hydrogen-bond donors (Lipinski definition) is 3. The second-order valence-corrected chi connectivity index (χ2v) is 7.50. The first-order valence-electron chi connectivity index (χ1n) is 10.1. The summed E-state index contributed by atoms with van der Waals surface area (Å²) in [7, 11) is 1.58. The first kappa shape index (κ1) is 23.5. The molecular weight excluding hydrogens is 385 g/mol. The summed E-state index contributed by atoms with van der Waals surface area (Å²) in [6.45, 7) is 8.06. The Balaban J connectivity index is 2.06. The molecule has 3 N–H and O–H groups in total. The van der Waals surface area contributed by atoms with Crippen LogP contribution in [0.5, 0.6) is 11.5 Å². The van der Waals surface area contributed by atoms with Crippen LogP contribution in [-0.4, -0.2) is 44.5 Å². The molecule has 0 atom stereocenters. The highest BCUT2D eigenvalue weighted by Crippen LogP contribution is 2.28. The molecule has 0 unspecified atom stereocenters. The minimum absolute atomic E-state index is 0.0567. The lowest BCUT2D eigenvalue weighted by atomic mass is 9.84. The van der Waals surface area contributed by atoms with E-state index in [1.807, 2.05) is 31.2 Å². The van der Waals surface area contributed by atoms with Gasteiger partial charge in [0.05, 0.1) is 20.3 Å². The monoisotopic (exact) mass is 417 g/mol. The maximum atomic E-state index is 13.6. The quantitative estimate of drug-likeness (QED) is 0.409. The molecule has 0 amide bonds. The molecule has 2 rings (SSSR count). The Morgan fingerprint density at radius 3 is 2.60 bits per heavy atom. The zero-order valence-electron chi connectivity index (χ0n) is 18.2. The van der Waals surface area contributed by atoms with E-state index < -0.39 is 0 Å². The van der Waals surface area contributed by atoms with E-state index >= 15 is 0 Å². The van der Waals surface area contributed by atoms with Crippen LogP contribution in [-0.2, 0) is 12.0 Å². The van der Waals surface area contributed by atoms with Crippen molar-refractivity contribution in [2.45, 2.75) is 32.7 Å². The second-order valence-electron chi connectivity index (χ2n) is 7.50. The largest absolute Gasteiger partial charge is 0.493 e. The van der Waals surface area contributed by atoms with E-state index in [1.54, 1.807) is 19.2 Å². The summed E-state index contributed by atoms with van der Waals surface area (Å²) in [6.07, 6.45) is 0. The average molecular weight is 418 g/mol. The van der Waals surface area contributed by atoms with Crippen LogP contribution in [0, 0.1) is 5.82 Å². The predicted molar refractivity (Wildman–Crippen MR) is 118 cm³/mol. The van der Waals surface area contributed by atoms with Crippen LogP contribution >= 0.6 is 0 Å². The fourth-order valence-corrected chi connectivity index (χ4v) is 2.91. The van der Waals surface area contributed by atoms with Crippen molar-refractivity contribution in [3.8, 4) is 11.5 Å². The van der Waals surface area contributed by atoms with Crippen LogP contribution in [0.25, 0.3) is 0 Å². The molecule has 2 aromatic rings. The SMILES string of the molecule is CCNC(=NCc1ccc(OCCO)c(OC)c1)NCC(C)(C)c1cccc(F)c1. The lowest BCUT2D eigenvalue weighted by molar-refractivity contribution is 0.196. The van der Waals surface area contributed by atoms with Crippen LogP contribution < -0.4 is 20.1 Å². The highest BCUT2D eigenvalue weighted by atomic mass is 19.1. The van der Waals surface area contributed by atoms with E-state index in [1.165, 1.54) is 6.07 Å². The zero-order valence-corrected chi connectivity index (χ0v) is 18.2. The number of halogens is 1. The summed E-state index contributed by atoms with van der Waals surface area (Å²) < 4.78 is 24.4. The van der Waals surface area contributed by atoms with Crippen LogP contribution in [0.4, 0.5) is 4.39 Å². The van der Waals surface area contributed by atoms with E-state index in [0.29, 0.717) is 30.5 Å². The third-order valence-corrected chi connectivity index (χ3v) is 4.64. The van der Waals surface area contributed by atoms with Crippen molar-refractivity contribution in [2.75, 3.05) is 33.4 Å². The Morgan fingerprint density at radius 1 is 1.13 bits per heavy atom. The van der Waals surface area contributed by atoms with Crippen molar-refractivity contribution >= 4 is 5.96 Å². The lowest BCUT2D eigenvalue weighted by Gasteiger charge is -2.27. The fraction of sp³-hybridized carbons (Fsp3) is 0.435. The van der Waals surface area contributed by atoms with Gasteiger partial charge in [0.1, 0.15) is 12.4 Å². The summed E-state index contributed by atoms with van der Waals surface area (Å²) in [4.78, 5) is 4.65. The van der Waals surface area contributed by atoms with Gasteiger partial charge in [-0.1, -0.05) is 32.0 Å². The van der Waals surface area contributed by atoms with Gasteiger partial charge in [-0.05, 0) is 42.3 Å². The van der Waals surface area contributed by atoms with Gasteiger partial charge in [0.2, 0.25) is 0 Å². The fourth-order valence-electron chi connectivity index (χ4n) is 2.91. The Bertz CT molecular complexity index is 840. The van der Waals surface area contributed by atoms with Gasteiger partial charge in [-0.2, -0.15) is 0 Å². The van der Waals surface area contributed by atoms with E-state index in [-0.39, 0.29) is 24.4 Å². The number of methoxy groups -OCH3 is 1. The summed E-state index contributed by atoms with van der Waals surface area (Å²) in [6, 6.07) is 12.3. The zero-order chi connectivity index (χ0) is 22.0. The highest BCUT2D eigenvalue weighted by Gasteiger charge is 2.21. The molecular formula is C23H32FN3O3. The van der Waals surface area contributed by atoms with Gasteiger partial charge in [0.25, 0.3) is 0 Å². The average Bonchev–Trinajstić information content (AvgIpc) is 2.74. The molecule has 0 aromatic heterocycles. The molecule has 7 heteroatoms. The number of aliphatic imine (C=N–C) groups is 1. The summed E-state index contributed by atoms with van der Waals surface area (Å²) in [5.74, 6) is 1.63. The van der Waals surface area contributed by atoms with Gasteiger partial charge in [0.15, 0.2) is 17.5 Å². The maximum Gasteiger partial charge on any atom is 0.191 e. The maximum absolute atomic E-state index is 13.6. The Kier molecular flexibility index (Phi) is 8.92. The van der Waals surface area contributed by atoms with Crippen molar-refractivity contribution in [2.24, 2.45) is 4.99 Å². The number of nitrogens with zero attached hydrogens (tertiary/aromatic N) is 1. The number of benzene rings is 2. The molecule has 0 radical (unpaired) electrons. The molecule has 6 nitrogen and oxygen atoms in total. The molecule has 0 fully saturated rings. The molecule has 0 bridgehead atoms. The summed E-state index contributed by atoms with van der Waals surface area (Å²) in [5, 5.41) is 15.5. The van der Waals surface area contributed by atoms with Crippen molar-refractivity contribution in [3.05, 3.63) is 59.4 Å². The van der Waals surface area contributed by atoms with Crippen molar-refractivity contribution in [1.82, 2.24) is 10.6 Å². The molecule has 0 aliphatic heterocycles. The lowest BCUT2D eigenvalue weighted by Crippen LogP contribution is -2.43. The van der Waals surface area contributed by atoms with Gasteiger partial charge < -0.3 is 25.2 Å². The molecule has 0 aliphatic carbocycles. The number of nitrogens with one attached hydrogen (secondary N) is 2. The molecule has 30 heavy (non-hydrogen) atoms. The minimum atomic E-state index is -0.271. The van der Waals surface area contributed by atoms with Gasteiger partial charge in [-0.15, -0.1) is 0 Å². The van der Waals surface area contributed by atoms with Crippen LogP contribution in [0.15, 0.2) is 47.5 Å². The molecule has 0 heterocycles. The number of guanidine groups is 1. The van der Waals surface area contributed by atoms with E-state index in [4.69, 9.17) is 14.6 Å². The van der Waals surface area contributed by atoms with Gasteiger partial charge in [-0.25, -0.2) is 9.38 Å². The van der Waals surface area contributed by atoms with Crippen LogP contribution in [0.3, 0.4) is 0 Å². The highest BCUT2D eigenvalue weighted by molar-refractivity contribution is 5.79. The summed E-state index contributed by atoms with van der Waals surface area (Å²) in [5.41, 5.74) is 1.62. The molecule has 0 saturated heterocycles. The Labute approximate surface area is 178 Å². The van der Waals surface area contributed by atoms with E-state index in [9.17, 15) is 4.39 Å². The van der Waals surface area contributed by atoms with Crippen molar-refractivity contribution in [3.63, 3.8) is 0 Å². The molecule has 0 spiro atoms. The van der Waals surface area contributed by atoms with E-state index in [0.717, 1.165) is 17.7 Å². The number of aliphatic hydroxyl groups is 1. The normalized spacial score (nSPS) is 11.9. The number of hydrogen-bond acceptors (Lipinski definition) is 4. The second kappa shape index (κ2) is 11.4. The van der Waals surface area contributed by atoms with Crippen LogP contribution in [0.1, 0.15) is 31.9 Å². The third kappa shape index (κ3) is 6.91. The number of ether oxygens (including phenoxy) is 2. The summed E-state index contributed by atoms with van der Waals surface area (Å²) >= 11 is 0. The first-order chi connectivity index (χ1) is 14.4. The molecule has 0 aliphatic rings. The molecule has 164 valence electrons. The van der Waals surface area contributed by atoms with Crippen molar-refractivity contribution < 1.29 is 19.0 Å². The standard InChI is InChI=1S/C23H32FN3O3/c1-5-25-22(27-16-23(2,3)18-7-6-8-19(24)14-18)26-15-17-9-10-20(30-12-11-28)21(13-17)29-4/h6-10,13-14,28H,5,11-12,15-16H2,1-4H3,(H2,25,26,27). The van der Waals surface area contributed by atoms with Crippen molar-refractivity contribution in [1.29, 1.82) is 0 Å². The third-order valence-electron chi connectivity index (χ3n) is 4.64. The predicted octanol–water partition coefficient (Wildman–Crippen LogP) is 3.24. The Hall–Kier alpha value is -2.80. The Morgan fingerprint density at radius 2 is 1.93 bits per heavy atom. The number of rotatable bonds is 10. The minimum Gasteiger partial charge on any atom is -0.493 e.